The SMILES string of the molecule is Cn1nc(C(=O)OCc2ccccc2)cc1C(=O)O. The Bertz CT molecular complexity index is 604. The monoisotopic (exact) mass is 260 g/mol. The summed E-state index contributed by atoms with van der Waals surface area (Å²) in [6, 6.07) is 10.4. The zero-order valence-corrected chi connectivity index (χ0v) is 10.2. The molecular formula is C13H12N2O4. The molecule has 6 heteroatoms. The van der Waals surface area contributed by atoms with Gasteiger partial charge >= 0.3 is 11.9 Å². The van der Waals surface area contributed by atoms with Crippen LogP contribution in [0.25, 0.3) is 0 Å². The van der Waals surface area contributed by atoms with E-state index in [-0.39, 0.29) is 18.0 Å². The van der Waals surface area contributed by atoms with E-state index in [1.54, 1.807) is 0 Å². The van der Waals surface area contributed by atoms with Gasteiger partial charge in [-0.25, -0.2) is 9.59 Å². The molecule has 1 N–H and O–H groups in total. The average Bonchev–Trinajstić information content (AvgIpc) is 2.79. The lowest BCUT2D eigenvalue weighted by Gasteiger charge is -2.02. The van der Waals surface area contributed by atoms with Crippen LogP contribution < -0.4 is 0 Å². The summed E-state index contributed by atoms with van der Waals surface area (Å²) < 4.78 is 6.18. The van der Waals surface area contributed by atoms with Crippen LogP contribution in [0.1, 0.15) is 26.5 Å². The number of carboxylic acids is 1. The number of ether oxygens (including phenoxy) is 1. The van der Waals surface area contributed by atoms with Crippen molar-refractivity contribution in [3.8, 4) is 0 Å². The Morgan fingerprint density at radius 2 is 2.00 bits per heavy atom. The summed E-state index contributed by atoms with van der Waals surface area (Å²) in [5.74, 6) is -1.79. The van der Waals surface area contributed by atoms with Gasteiger partial charge in [0.15, 0.2) is 5.69 Å². The van der Waals surface area contributed by atoms with E-state index in [1.165, 1.54) is 13.1 Å². The molecule has 0 fully saturated rings. The molecule has 0 saturated carbocycles. The Morgan fingerprint density at radius 1 is 1.32 bits per heavy atom. The quantitative estimate of drug-likeness (QED) is 0.842. The van der Waals surface area contributed by atoms with Crippen LogP contribution in [0.3, 0.4) is 0 Å². The molecule has 0 unspecified atom stereocenters. The molecule has 2 aromatic rings. The molecule has 0 radical (unpaired) electrons. The summed E-state index contributed by atoms with van der Waals surface area (Å²) >= 11 is 0. The van der Waals surface area contributed by atoms with E-state index in [9.17, 15) is 9.59 Å². The molecule has 1 heterocycles. The molecule has 98 valence electrons. The van der Waals surface area contributed by atoms with Crippen molar-refractivity contribution < 1.29 is 19.4 Å². The third-order valence-electron chi connectivity index (χ3n) is 2.52. The minimum atomic E-state index is -1.14. The van der Waals surface area contributed by atoms with Crippen molar-refractivity contribution in [1.29, 1.82) is 0 Å². The van der Waals surface area contributed by atoms with E-state index >= 15 is 0 Å². The van der Waals surface area contributed by atoms with Gasteiger partial charge in [-0.05, 0) is 5.56 Å². The second-order valence-electron chi connectivity index (χ2n) is 3.91. The maximum Gasteiger partial charge on any atom is 0.359 e. The molecule has 19 heavy (non-hydrogen) atoms. The molecule has 0 aliphatic heterocycles. The van der Waals surface area contributed by atoms with Crippen molar-refractivity contribution in [2.45, 2.75) is 6.61 Å². The Kier molecular flexibility index (Phi) is 3.61. The fourth-order valence-electron chi connectivity index (χ4n) is 1.56. The molecule has 0 amide bonds. The van der Waals surface area contributed by atoms with Crippen molar-refractivity contribution in [2.75, 3.05) is 0 Å². The predicted molar refractivity (Wildman–Crippen MR) is 65.7 cm³/mol. The number of benzene rings is 1. The van der Waals surface area contributed by atoms with Crippen LogP contribution in [0.5, 0.6) is 0 Å². The van der Waals surface area contributed by atoms with E-state index in [2.05, 4.69) is 5.10 Å². The van der Waals surface area contributed by atoms with Gasteiger partial charge in [-0.2, -0.15) is 5.10 Å². The van der Waals surface area contributed by atoms with Crippen LogP contribution in [-0.4, -0.2) is 26.8 Å². The minimum Gasteiger partial charge on any atom is -0.477 e. The molecule has 0 atom stereocenters. The van der Waals surface area contributed by atoms with E-state index in [0.717, 1.165) is 10.2 Å². The van der Waals surface area contributed by atoms with Gasteiger partial charge in [0, 0.05) is 13.1 Å². The Labute approximate surface area is 109 Å². The summed E-state index contributed by atoms with van der Waals surface area (Å²) in [7, 11) is 1.46. The number of carbonyl (C=O) groups excluding carboxylic acids is 1. The summed E-state index contributed by atoms with van der Waals surface area (Å²) in [5, 5.41) is 12.7. The van der Waals surface area contributed by atoms with Gasteiger partial charge in [0.25, 0.3) is 0 Å². The number of aryl methyl sites for hydroxylation is 1. The number of aromatic carboxylic acids is 1. The lowest BCUT2D eigenvalue weighted by atomic mass is 10.2. The van der Waals surface area contributed by atoms with E-state index in [1.807, 2.05) is 30.3 Å². The summed E-state index contributed by atoms with van der Waals surface area (Å²) in [5.41, 5.74) is 0.771. The highest BCUT2D eigenvalue weighted by atomic mass is 16.5. The Morgan fingerprint density at radius 3 is 2.58 bits per heavy atom. The second kappa shape index (κ2) is 5.34. The normalized spacial score (nSPS) is 10.2. The predicted octanol–water partition coefficient (Wildman–Crippen LogP) is 1.48. The molecule has 0 aliphatic rings. The van der Waals surface area contributed by atoms with Gasteiger partial charge in [0.05, 0.1) is 0 Å². The Balaban J connectivity index is 2.04. The first-order chi connectivity index (χ1) is 9.08. The van der Waals surface area contributed by atoms with Gasteiger partial charge in [-0.1, -0.05) is 30.3 Å². The molecule has 0 aliphatic carbocycles. The number of carboxylic acid groups (broad SMARTS) is 1. The molecule has 2 rings (SSSR count). The van der Waals surface area contributed by atoms with Crippen LogP contribution in [0.2, 0.25) is 0 Å². The van der Waals surface area contributed by atoms with Crippen molar-refractivity contribution >= 4 is 11.9 Å². The molecule has 1 aromatic heterocycles. The van der Waals surface area contributed by atoms with Crippen molar-refractivity contribution in [3.63, 3.8) is 0 Å². The first-order valence-electron chi connectivity index (χ1n) is 5.56. The number of esters is 1. The van der Waals surface area contributed by atoms with E-state index < -0.39 is 11.9 Å². The molecular weight excluding hydrogens is 248 g/mol. The number of carbonyl (C=O) groups is 2. The van der Waals surface area contributed by atoms with Crippen molar-refractivity contribution in [2.24, 2.45) is 7.05 Å². The molecule has 0 saturated heterocycles. The topological polar surface area (TPSA) is 81.4 Å². The maximum atomic E-state index is 11.7. The minimum absolute atomic E-state index is 0.0177. The summed E-state index contributed by atoms with van der Waals surface area (Å²) in [4.78, 5) is 22.5. The fourth-order valence-corrected chi connectivity index (χ4v) is 1.56. The highest BCUT2D eigenvalue weighted by molar-refractivity contribution is 5.92. The lowest BCUT2D eigenvalue weighted by Crippen LogP contribution is -2.07. The summed E-state index contributed by atoms with van der Waals surface area (Å²) in [6.07, 6.45) is 0. The van der Waals surface area contributed by atoms with Crippen LogP contribution in [0.4, 0.5) is 0 Å². The molecule has 1 aromatic carbocycles. The van der Waals surface area contributed by atoms with Gasteiger partial charge in [-0.15, -0.1) is 0 Å². The highest BCUT2D eigenvalue weighted by Crippen LogP contribution is 2.07. The first kappa shape index (κ1) is 12.8. The molecule has 6 nitrogen and oxygen atoms in total. The molecule has 0 bridgehead atoms. The number of hydrogen-bond donors (Lipinski definition) is 1. The highest BCUT2D eigenvalue weighted by Gasteiger charge is 2.17. The fraction of sp³-hybridized carbons (Fsp3) is 0.154. The van der Waals surface area contributed by atoms with Crippen molar-refractivity contribution in [1.82, 2.24) is 9.78 Å². The van der Waals surface area contributed by atoms with Gasteiger partial charge in [-0.3, -0.25) is 4.68 Å². The van der Waals surface area contributed by atoms with Gasteiger partial charge < -0.3 is 9.84 Å². The maximum absolute atomic E-state index is 11.7. The number of nitrogens with zero attached hydrogens (tertiary/aromatic N) is 2. The zero-order chi connectivity index (χ0) is 13.8. The number of aromatic nitrogens is 2. The van der Waals surface area contributed by atoms with E-state index in [0.29, 0.717) is 0 Å². The Hall–Kier alpha value is -2.63. The van der Waals surface area contributed by atoms with Gasteiger partial charge in [0.1, 0.15) is 12.3 Å². The van der Waals surface area contributed by atoms with Gasteiger partial charge in [0.2, 0.25) is 0 Å². The number of rotatable bonds is 4. The number of hydrogen-bond acceptors (Lipinski definition) is 4. The standard InChI is InChI=1S/C13H12N2O4/c1-15-11(12(16)17)7-10(14-15)13(18)19-8-9-5-3-2-4-6-9/h2-7H,8H2,1H3,(H,16,17). The van der Waals surface area contributed by atoms with Crippen LogP contribution in [0, 0.1) is 0 Å². The van der Waals surface area contributed by atoms with Crippen LogP contribution >= 0.6 is 0 Å². The summed E-state index contributed by atoms with van der Waals surface area (Å²) in [6.45, 7) is 0.124. The van der Waals surface area contributed by atoms with E-state index in [4.69, 9.17) is 9.84 Å². The van der Waals surface area contributed by atoms with Crippen LogP contribution in [-0.2, 0) is 18.4 Å². The second-order valence-corrected chi connectivity index (χ2v) is 3.91. The smallest absolute Gasteiger partial charge is 0.359 e. The lowest BCUT2D eigenvalue weighted by molar-refractivity contribution is 0.0464. The molecule has 0 spiro atoms. The third-order valence-corrected chi connectivity index (χ3v) is 2.52. The zero-order valence-electron chi connectivity index (χ0n) is 10.2. The average molecular weight is 260 g/mol. The first-order valence-corrected chi connectivity index (χ1v) is 5.56. The largest absolute Gasteiger partial charge is 0.477 e. The van der Waals surface area contributed by atoms with Crippen LogP contribution in [0.15, 0.2) is 36.4 Å². The third kappa shape index (κ3) is 2.98. The van der Waals surface area contributed by atoms with Crippen molar-refractivity contribution in [3.05, 3.63) is 53.3 Å².